The van der Waals surface area contributed by atoms with Gasteiger partial charge in [-0.1, -0.05) is 26.7 Å². The Bertz CT molecular complexity index is 296. The van der Waals surface area contributed by atoms with E-state index < -0.39 is 0 Å². The molecular formula is C12H20N2O2. The molecule has 1 saturated heterocycles. The topological polar surface area (TPSA) is 63.4 Å². The zero-order valence-electron chi connectivity index (χ0n) is 9.98. The summed E-state index contributed by atoms with van der Waals surface area (Å²) in [5.41, 5.74) is 6.03. The number of nitrogens with two attached hydrogens (primary N) is 1. The van der Waals surface area contributed by atoms with Gasteiger partial charge in [-0.25, -0.2) is 0 Å². The highest BCUT2D eigenvalue weighted by atomic mass is 16.2. The summed E-state index contributed by atoms with van der Waals surface area (Å²) in [6.45, 7) is 3.67. The van der Waals surface area contributed by atoms with Gasteiger partial charge in [0.15, 0.2) is 0 Å². The number of nitrogens with zero attached hydrogens (tertiary/aromatic N) is 1. The van der Waals surface area contributed by atoms with Crippen LogP contribution in [0.15, 0.2) is 0 Å². The molecule has 1 heterocycles. The van der Waals surface area contributed by atoms with E-state index in [0.29, 0.717) is 0 Å². The average molecular weight is 224 g/mol. The number of likely N-dealkylation sites (tertiary alicyclic amines) is 1. The van der Waals surface area contributed by atoms with Crippen molar-refractivity contribution in [2.75, 3.05) is 0 Å². The molecule has 4 atom stereocenters. The van der Waals surface area contributed by atoms with Crippen molar-refractivity contribution in [3.8, 4) is 0 Å². The summed E-state index contributed by atoms with van der Waals surface area (Å²) in [6, 6.07) is -0.0831. The van der Waals surface area contributed by atoms with Crippen LogP contribution in [0, 0.1) is 11.8 Å². The lowest BCUT2D eigenvalue weighted by atomic mass is 9.90. The second kappa shape index (κ2) is 4.17. The van der Waals surface area contributed by atoms with Crippen LogP contribution in [0.25, 0.3) is 0 Å². The van der Waals surface area contributed by atoms with Gasteiger partial charge >= 0.3 is 0 Å². The maximum Gasteiger partial charge on any atom is 0.233 e. The van der Waals surface area contributed by atoms with Crippen molar-refractivity contribution in [3.05, 3.63) is 0 Å². The predicted octanol–water partition coefficient (Wildman–Crippen LogP) is 0.897. The Labute approximate surface area is 96.2 Å². The van der Waals surface area contributed by atoms with Gasteiger partial charge in [0.05, 0.1) is 6.04 Å². The Hall–Kier alpha value is -0.900. The van der Waals surface area contributed by atoms with Gasteiger partial charge < -0.3 is 5.73 Å². The Morgan fingerprint density at radius 3 is 2.06 bits per heavy atom. The van der Waals surface area contributed by atoms with Crippen LogP contribution in [0.1, 0.15) is 39.5 Å². The maximum atomic E-state index is 12.0. The summed E-state index contributed by atoms with van der Waals surface area (Å²) in [5.74, 6) is -0.414. The van der Waals surface area contributed by atoms with Crippen molar-refractivity contribution >= 4 is 11.8 Å². The van der Waals surface area contributed by atoms with E-state index in [9.17, 15) is 9.59 Å². The van der Waals surface area contributed by atoms with Gasteiger partial charge in [-0.3, -0.25) is 14.5 Å². The fourth-order valence-electron chi connectivity index (χ4n) is 2.76. The molecule has 4 nitrogen and oxygen atoms in total. The predicted molar refractivity (Wildman–Crippen MR) is 60.4 cm³/mol. The first-order valence-corrected chi connectivity index (χ1v) is 6.16. The van der Waals surface area contributed by atoms with Gasteiger partial charge in [0.1, 0.15) is 0 Å². The number of hydrogen-bond donors (Lipinski definition) is 1. The van der Waals surface area contributed by atoms with Gasteiger partial charge in [0.2, 0.25) is 11.8 Å². The number of amides is 2. The number of rotatable bonds is 1. The molecule has 4 heteroatoms. The zero-order chi connectivity index (χ0) is 11.9. The van der Waals surface area contributed by atoms with E-state index in [1.165, 1.54) is 4.90 Å². The van der Waals surface area contributed by atoms with Gasteiger partial charge in [-0.15, -0.1) is 0 Å². The second-order valence-corrected chi connectivity index (χ2v) is 5.14. The van der Waals surface area contributed by atoms with Crippen molar-refractivity contribution < 1.29 is 9.59 Å². The molecule has 2 unspecified atom stereocenters. The third-order valence-corrected chi connectivity index (χ3v) is 4.12. The Morgan fingerprint density at radius 2 is 1.56 bits per heavy atom. The molecule has 90 valence electrons. The fraction of sp³-hybridized carbons (Fsp3) is 0.833. The highest BCUT2D eigenvalue weighted by Gasteiger charge is 2.47. The van der Waals surface area contributed by atoms with E-state index in [-0.39, 0.29) is 35.7 Å². The zero-order valence-corrected chi connectivity index (χ0v) is 9.98. The summed E-state index contributed by atoms with van der Waals surface area (Å²) in [4.78, 5) is 25.5. The summed E-state index contributed by atoms with van der Waals surface area (Å²) in [5, 5.41) is 0. The lowest BCUT2D eigenvalue weighted by Crippen LogP contribution is -2.52. The minimum Gasteiger partial charge on any atom is -0.326 e. The average Bonchev–Trinajstić information content (AvgIpc) is 2.45. The fourth-order valence-corrected chi connectivity index (χ4v) is 2.76. The summed E-state index contributed by atoms with van der Waals surface area (Å²) < 4.78 is 0. The quantitative estimate of drug-likeness (QED) is 0.673. The Morgan fingerprint density at radius 1 is 1.06 bits per heavy atom. The van der Waals surface area contributed by atoms with Crippen LogP contribution in [0.5, 0.6) is 0 Å². The molecular weight excluding hydrogens is 204 g/mol. The monoisotopic (exact) mass is 224 g/mol. The van der Waals surface area contributed by atoms with Crippen LogP contribution in [0.4, 0.5) is 0 Å². The summed E-state index contributed by atoms with van der Waals surface area (Å²) >= 11 is 0. The molecule has 1 aliphatic carbocycles. The molecule has 0 radical (unpaired) electrons. The highest BCUT2D eigenvalue weighted by molar-refractivity contribution is 6.05. The lowest BCUT2D eigenvalue weighted by molar-refractivity contribution is -0.143. The molecule has 0 aromatic heterocycles. The Balaban J connectivity index is 2.20. The van der Waals surface area contributed by atoms with Crippen molar-refractivity contribution in [3.63, 3.8) is 0 Å². The van der Waals surface area contributed by atoms with Crippen molar-refractivity contribution in [1.29, 1.82) is 0 Å². The summed E-state index contributed by atoms with van der Waals surface area (Å²) in [7, 11) is 0. The van der Waals surface area contributed by atoms with Crippen LogP contribution in [0.3, 0.4) is 0 Å². The number of carbonyl (C=O) groups is 2. The van der Waals surface area contributed by atoms with E-state index in [1.807, 2.05) is 13.8 Å². The minimum absolute atomic E-state index is 0.0279. The van der Waals surface area contributed by atoms with Gasteiger partial charge in [0, 0.05) is 17.9 Å². The van der Waals surface area contributed by atoms with Crippen molar-refractivity contribution in [2.45, 2.75) is 51.6 Å². The van der Waals surface area contributed by atoms with Crippen LogP contribution in [-0.4, -0.2) is 28.8 Å². The van der Waals surface area contributed by atoms with Crippen LogP contribution in [0.2, 0.25) is 0 Å². The maximum absolute atomic E-state index is 12.0. The smallest absolute Gasteiger partial charge is 0.233 e. The Kier molecular flexibility index (Phi) is 3.02. The molecule has 1 saturated carbocycles. The van der Waals surface area contributed by atoms with Crippen LogP contribution < -0.4 is 5.73 Å². The van der Waals surface area contributed by atoms with Crippen molar-refractivity contribution in [1.82, 2.24) is 4.90 Å². The molecule has 0 spiro atoms. The molecule has 0 aromatic carbocycles. The first kappa shape index (κ1) is 11.6. The van der Waals surface area contributed by atoms with Crippen LogP contribution >= 0.6 is 0 Å². The number of hydrogen-bond acceptors (Lipinski definition) is 3. The standard InChI is InChI=1S/C12H20N2O2/c1-7-8(2)12(16)14(11(7)15)10-6-4-3-5-9(10)13/h7-10H,3-6,13H2,1-2H3/t7?,8?,9-,10-/m1/s1. The minimum atomic E-state index is -0.179. The molecule has 2 N–H and O–H groups in total. The molecule has 16 heavy (non-hydrogen) atoms. The number of imide groups is 1. The molecule has 2 aliphatic rings. The molecule has 0 aromatic rings. The largest absolute Gasteiger partial charge is 0.326 e. The third-order valence-electron chi connectivity index (χ3n) is 4.12. The normalized spacial score (nSPS) is 40.6. The SMILES string of the molecule is CC1C(=O)N([C@@H]2CCCC[C@H]2N)C(=O)C1C. The van der Waals surface area contributed by atoms with Crippen molar-refractivity contribution in [2.24, 2.45) is 17.6 Å². The van der Waals surface area contributed by atoms with E-state index in [2.05, 4.69) is 0 Å². The highest BCUT2D eigenvalue weighted by Crippen LogP contribution is 2.32. The van der Waals surface area contributed by atoms with Crippen LogP contribution in [-0.2, 0) is 9.59 Å². The van der Waals surface area contributed by atoms with Gasteiger partial charge in [0.25, 0.3) is 0 Å². The first-order valence-electron chi connectivity index (χ1n) is 6.16. The molecule has 0 bridgehead atoms. The molecule has 1 aliphatic heterocycles. The molecule has 2 fully saturated rings. The molecule has 2 amide bonds. The van der Waals surface area contributed by atoms with E-state index in [4.69, 9.17) is 5.73 Å². The van der Waals surface area contributed by atoms with Gasteiger partial charge in [-0.05, 0) is 12.8 Å². The van der Waals surface area contributed by atoms with Gasteiger partial charge in [-0.2, -0.15) is 0 Å². The summed E-state index contributed by atoms with van der Waals surface area (Å²) in [6.07, 6.45) is 3.97. The van der Waals surface area contributed by atoms with E-state index in [1.54, 1.807) is 0 Å². The number of carbonyl (C=O) groups excluding carboxylic acids is 2. The van der Waals surface area contributed by atoms with E-state index >= 15 is 0 Å². The van der Waals surface area contributed by atoms with E-state index in [0.717, 1.165) is 25.7 Å². The third kappa shape index (κ3) is 1.65. The lowest BCUT2D eigenvalue weighted by Gasteiger charge is -2.34. The second-order valence-electron chi connectivity index (χ2n) is 5.14. The first-order chi connectivity index (χ1) is 7.54. The molecule has 2 rings (SSSR count).